The zero-order valence-corrected chi connectivity index (χ0v) is 11.3. The first-order valence-electron chi connectivity index (χ1n) is 6.69. The normalized spacial score (nSPS) is 14.3. The highest BCUT2D eigenvalue weighted by Crippen LogP contribution is 2.23. The monoisotopic (exact) mass is 273 g/mol. The maximum absolute atomic E-state index is 13.8. The Labute approximate surface area is 117 Å². The molecule has 3 rings (SSSR count). The van der Waals surface area contributed by atoms with Gasteiger partial charge in [0.15, 0.2) is 11.6 Å². The van der Waals surface area contributed by atoms with Crippen molar-refractivity contribution in [3.63, 3.8) is 0 Å². The van der Waals surface area contributed by atoms with E-state index in [0.717, 1.165) is 12.1 Å². The molecule has 20 heavy (non-hydrogen) atoms. The number of aromatic nitrogens is 2. The van der Waals surface area contributed by atoms with Crippen molar-refractivity contribution in [3.05, 3.63) is 47.5 Å². The predicted molar refractivity (Wildman–Crippen MR) is 73.1 cm³/mol. The fourth-order valence-corrected chi connectivity index (χ4v) is 1.83. The molecule has 0 saturated heterocycles. The molecular weight excluding hydrogens is 257 g/mol. The summed E-state index contributed by atoms with van der Waals surface area (Å²) in [5.41, 5.74) is 1.53. The molecule has 5 heteroatoms. The molecule has 1 aromatic carbocycles. The predicted octanol–water partition coefficient (Wildman–Crippen LogP) is 2.97. The molecule has 1 N–H and O–H groups in total. The first-order chi connectivity index (χ1) is 9.72. The molecule has 0 atom stereocenters. The van der Waals surface area contributed by atoms with E-state index in [1.807, 2.05) is 0 Å². The van der Waals surface area contributed by atoms with E-state index < -0.39 is 0 Å². The zero-order valence-electron chi connectivity index (χ0n) is 11.3. The van der Waals surface area contributed by atoms with Crippen molar-refractivity contribution in [1.82, 2.24) is 15.3 Å². The highest BCUT2D eigenvalue weighted by molar-refractivity contribution is 5.31. The van der Waals surface area contributed by atoms with Crippen LogP contribution in [0.2, 0.25) is 0 Å². The van der Waals surface area contributed by atoms with Gasteiger partial charge in [-0.2, -0.15) is 0 Å². The molecule has 0 amide bonds. The first-order valence-corrected chi connectivity index (χ1v) is 6.69. The van der Waals surface area contributed by atoms with E-state index in [2.05, 4.69) is 15.3 Å². The molecule has 1 fully saturated rings. The van der Waals surface area contributed by atoms with Crippen molar-refractivity contribution >= 4 is 0 Å². The van der Waals surface area contributed by atoms with Gasteiger partial charge in [-0.25, -0.2) is 14.4 Å². The summed E-state index contributed by atoms with van der Waals surface area (Å²) in [5, 5.41) is 3.38. The lowest BCUT2D eigenvalue weighted by molar-refractivity contribution is 0.408. The standard InChI is InChI=1S/C15H16FN3O/c1-10-3-2-4-13(14(10)16)20-15-18-8-11(9-19-15)7-17-12-5-6-12/h2-4,8-9,12,17H,5-7H2,1H3. The summed E-state index contributed by atoms with van der Waals surface area (Å²) >= 11 is 0. The highest BCUT2D eigenvalue weighted by Gasteiger charge is 2.20. The minimum Gasteiger partial charge on any atom is -0.421 e. The molecular formula is C15H16FN3O. The summed E-state index contributed by atoms with van der Waals surface area (Å²) in [6.45, 7) is 2.44. The van der Waals surface area contributed by atoms with Crippen LogP contribution >= 0.6 is 0 Å². The second-order valence-corrected chi connectivity index (χ2v) is 5.02. The number of aryl methyl sites for hydroxylation is 1. The fraction of sp³-hybridized carbons (Fsp3) is 0.333. The molecule has 1 aromatic heterocycles. The molecule has 1 aliphatic rings. The molecule has 0 aliphatic heterocycles. The average Bonchev–Trinajstić information content (AvgIpc) is 3.27. The number of halogens is 1. The van der Waals surface area contributed by atoms with Gasteiger partial charge in [-0.15, -0.1) is 0 Å². The van der Waals surface area contributed by atoms with Gasteiger partial charge in [-0.1, -0.05) is 12.1 Å². The minimum absolute atomic E-state index is 0.147. The lowest BCUT2D eigenvalue weighted by atomic mass is 10.2. The number of benzene rings is 1. The van der Waals surface area contributed by atoms with Gasteiger partial charge in [0, 0.05) is 30.5 Å². The van der Waals surface area contributed by atoms with Crippen LogP contribution in [0.25, 0.3) is 0 Å². The van der Waals surface area contributed by atoms with Gasteiger partial charge in [-0.05, 0) is 31.4 Å². The maximum atomic E-state index is 13.8. The van der Waals surface area contributed by atoms with Crippen LogP contribution in [-0.4, -0.2) is 16.0 Å². The number of rotatable bonds is 5. The van der Waals surface area contributed by atoms with Crippen molar-refractivity contribution in [2.75, 3.05) is 0 Å². The van der Waals surface area contributed by atoms with Gasteiger partial charge in [0.2, 0.25) is 0 Å². The molecule has 104 valence electrons. The van der Waals surface area contributed by atoms with E-state index in [1.165, 1.54) is 12.8 Å². The van der Waals surface area contributed by atoms with E-state index in [-0.39, 0.29) is 17.6 Å². The minimum atomic E-state index is -0.379. The number of hydrogen-bond donors (Lipinski definition) is 1. The molecule has 1 aliphatic carbocycles. The van der Waals surface area contributed by atoms with Crippen LogP contribution in [-0.2, 0) is 6.54 Å². The third-order valence-corrected chi connectivity index (χ3v) is 3.21. The molecule has 0 unspecified atom stereocenters. The van der Waals surface area contributed by atoms with Crippen LogP contribution in [0, 0.1) is 12.7 Å². The zero-order chi connectivity index (χ0) is 13.9. The lowest BCUT2D eigenvalue weighted by Crippen LogP contribution is -2.15. The quantitative estimate of drug-likeness (QED) is 0.909. The van der Waals surface area contributed by atoms with Crippen LogP contribution in [0.1, 0.15) is 24.0 Å². The number of hydrogen-bond acceptors (Lipinski definition) is 4. The van der Waals surface area contributed by atoms with Gasteiger partial charge >= 0.3 is 6.01 Å². The molecule has 4 nitrogen and oxygen atoms in total. The summed E-state index contributed by atoms with van der Waals surface area (Å²) in [7, 11) is 0. The lowest BCUT2D eigenvalue weighted by Gasteiger charge is -2.07. The summed E-state index contributed by atoms with van der Waals surface area (Å²) < 4.78 is 19.2. The van der Waals surface area contributed by atoms with Gasteiger partial charge in [0.1, 0.15) is 0 Å². The highest BCUT2D eigenvalue weighted by atomic mass is 19.1. The summed E-state index contributed by atoms with van der Waals surface area (Å²) in [4.78, 5) is 8.21. The van der Waals surface area contributed by atoms with Crippen molar-refractivity contribution in [2.45, 2.75) is 32.4 Å². The SMILES string of the molecule is Cc1cccc(Oc2ncc(CNC3CC3)cn2)c1F. The molecule has 0 spiro atoms. The third-order valence-electron chi connectivity index (χ3n) is 3.21. The Hall–Kier alpha value is -2.01. The van der Waals surface area contributed by atoms with Crippen molar-refractivity contribution in [2.24, 2.45) is 0 Å². The maximum Gasteiger partial charge on any atom is 0.321 e. The number of ether oxygens (including phenoxy) is 1. The Morgan fingerprint density at radius 3 is 2.75 bits per heavy atom. The largest absolute Gasteiger partial charge is 0.421 e. The van der Waals surface area contributed by atoms with Gasteiger partial charge in [0.05, 0.1) is 0 Å². The van der Waals surface area contributed by atoms with Gasteiger partial charge in [-0.3, -0.25) is 0 Å². The number of nitrogens with zero attached hydrogens (tertiary/aromatic N) is 2. The van der Waals surface area contributed by atoms with E-state index in [1.54, 1.807) is 37.5 Å². The molecule has 2 aromatic rings. The molecule has 0 bridgehead atoms. The Morgan fingerprint density at radius 2 is 2.05 bits per heavy atom. The van der Waals surface area contributed by atoms with Crippen molar-refractivity contribution in [1.29, 1.82) is 0 Å². The van der Waals surface area contributed by atoms with Crippen LogP contribution < -0.4 is 10.1 Å². The smallest absolute Gasteiger partial charge is 0.321 e. The van der Waals surface area contributed by atoms with E-state index in [9.17, 15) is 4.39 Å². The molecule has 1 saturated carbocycles. The first kappa shape index (κ1) is 13.0. The van der Waals surface area contributed by atoms with E-state index in [0.29, 0.717) is 11.6 Å². The Bertz CT molecular complexity index is 597. The van der Waals surface area contributed by atoms with Crippen LogP contribution in [0.4, 0.5) is 4.39 Å². The Balaban J connectivity index is 1.66. The second kappa shape index (κ2) is 5.54. The van der Waals surface area contributed by atoms with Crippen molar-refractivity contribution in [3.8, 4) is 11.8 Å². The van der Waals surface area contributed by atoms with Crippen LogP contribution in [0.15, 0.2) is 30.6 Å². The molecule has 0 radical (unpaired) electrons. The van der Waals surface area contributed by atoms with Crippen LogP contribution in [0.5, 0.6) is 11.8 Å². The third kappa shape index (κ3) is 3.11. The summed E-state index contributed by atoms with van der Waals surface area (Å²) in [6, 6.07) is 5.79. The summed E-state index contributed by atoms with van der Waals surface area (Å²) in [5.74, 6) is -0.232. The van der Waals surface area contributed by atoms with Crippen molar-refractivity contribution < 1.29 is 9.13 Å². The molecule has 1 heterocycles. The Kier molecular flexibility index (Phi) is 3.60. The van der Waals surface area contributed by atoms with Crippen LogP contribution in [0.3, 0.4) is 0 Å². The van der Waals surface area contributed by atoms with E-state index >= 15 is 0 Å². The second-order valence-electron chi connectivity index (χ2n) is 5.02. The fourth-order valence-electron chi connectivity index (χ4n) is 1.83. The van der Waals surface area contributed by atoms with Gasteiger partial charge < -0.3 is 10.1 Å². The Morgan fingerprint density at radius 1 is 1.30 bits per heavy atom. The van der Waals surface area contributed by atoms with E-state index in [4.69, 9.17) is 4.74 Å². The topological polar surface area (TPSA) is 47.0 Å². The van der Waals surface area contributed by atoms with Gasteiger partial charge in [0.25, 0.3) is 0 Å². The average molecular weight is 273 g/mol. The number of nitrogens with one attached hydrogen (secondary N) is 1. The summed E-state index contributed by atoms with van der Waals surface area (Å²) in [6.07, 6.45) is 5.89.